The number of ether oxygens (including phenoxy) is 1. The lowest BCUT2D eigenvalue weighted by atomic mass is 9.80. The summed E-state index contributed by atoms with van der Waals surface area (Å²) in [5, 5.41) is 15.9. The second-order valence-corrected chi connectivity index (χ2v) is 12.3. The predicted octanol–water partition coefficient (Wildman–Crippen LogP) is 0.863. The quantitative estimate of drug-likeness (QED) is 0.309. The van der Waals surface area contributed by atoms with Gasteiger partial charge in [-0.25, -0.2) is 4.79 Å². The molecule has 1 saturated heterocycles. The second-order valence-electron chi connectivity index (χ2n) is 12.3. The van der Waals surface area contributed by atoms with E-state index >= 15 is 0 Å². The summed E-state index contributed by atoms with van der Waals surface area (Å²) in [5.41, 5.74) is 2.78. The lowest BCUT2D eigenvalue weighted by molar-refractivity contribution is -0.147. The molecule has 2 saturated carbocycles. The summed E-state index contributed by atoms with van der Waals surface area (Å²) in [7, 11) is 0. The minimum Gasteiger partial charge on any atom is -0.444 e. The zero-order valence-corrected chi connectivity index (χ0v) is 22.7. The van der Waals surface area contributed by atoms with Crippen molar-refractivity contribution in [3.8, 4) is 0 Å². The number of piperidine rings is 1. The van der Waals surface area contributed by atoms with Crippen LogP contribution in [0.2, 0.25) is 0 Å². The number of nitrogens with two attached hydrogens (primary N) is 1. The first-order valence-electron chi connectivity index (χ1n) is 13.2. The smallest absolute Gasteiger partial charge is 0.408 e. The molecule has 5 N–H and O–H groups in total. The molecule has 0 spiro atoms. The highest BCUT2D eigenvalue weighted by Crippen LogP contribution is 2.57. The highest BCUT2D eigenvalue weighted by atomic mass is 16.6. The molecule has 3 rings (SSSR count). The van der Waals surface area contributed by atoms with Gasteiger partial charge in [-0.2, -0.15) is 0 Å². The Balaban J connectivity index is 1.82. The van der Waals surface area contributed by atoms with E-state index < -0.39 is 58.9 Å². The topological polar surface area (TPSA) is 168 Å². The number of primary amides is 1. The third-order valence-electron chi connectivity index (χ3n) is 7.81. The monoisotopic (exact) mass is 522 g/mol. The first-order valence-corrected chi connectivity index (χ1v) is 13.2. The number of amides is 4. The molecule has 208 valence electrons. The summed E-state index contributed by atoms with van der Waals surface area (Å²) in [6, 6.07) is -3.30. The molecule has 1 heterocycles. The Morgan fingerprint density at radius 3 is 2.16 bits per heavy atom. The SMILES string of the molecule is CCC1[C@H]2[C@@H]1CN(C(=O)[C@@H](NC(=O)OC(C)(C)C)C(C)(C)O)[C@@H]2C(=O)NC(CC1CCC1)C(=O)C(N)=O. The first kappa shape index (κ1) is 28.9. The summed E-state index contributed by atoms with van der Waals surface area (Å²) in [6.45, 7) is 10.1. The third-order valence-corrected chi connectivity index (χ3v) is 7.81. The molecule has 3 fully saturated rings. The predicted molar refractivity (Wildman–Crippen MR) is 134 cm³/mol. The Morgan fingerprint density at radius 2 is 1.70 bits per heavy atom. The van der Waals surface area contributed by atoms with Gasteiger partial charge >= 0.3 is 6.09 Å². The zero-order valence-electron chi connectivity index (χ0n) is 22.7. The number of likely N-dealkylation sites (tertiary alicyclic amines) is 1. The molecule has 6 atom stereocenters. The van der Waals surface area contributed by atoms with Crippen LogP contribution in [-0.4, -0.2) is 75.5 Å². The van der Waals surface area contributed by atoms with Crippen LogP contribution in [0.3, 0.4) is 0 Å². The summed E-state index contributed by atoms with van der Waals surface area (Å²) in [5.74, 6) is -2.63. The highest BCUT2D eigenvalue weighted by molar-refractivity contribution is 6.37. The number of hydrogen-bond acceptors (Lipinski definition) is 7. The van der Waals surface area contributed by atoms with Gasteiger partial charge in [-0.1, -0.05) is 32.6 Å². The number of alkyl carbamates (subject to hydrolysis) is 1. The second kappa shape index (κ2) is 10.6. The van der Waals surface area contributed by atoms with E-state index in [-0.39, 0.29) is 23.7 Å². The van der Waals surface area contributed by atoms with Gasteiger partial charge in [-0.05, 0) is 64.7 Å². The van der Waals surface area contributed by atoms with Gasteiger partial charge in [0.15, 0.2) is 0 Å². The van der Waals surface area contributed by atoms with Crippen LogP contribution in [0.15, 0.2) is 0 Å². The van der Waals surface area contributed by atoms with Crippen molar-refractivity contribution in [2.24, 2.45) is 29.4 Å². The first-order chi connectivity index (χ1) is 17.0. The van der Waals surface area contributed by atoms with Crippen molar-refractivity contribution in [1.29, 1.82) is 0 Å². The van der Waals surface area contributed by atoms with Crippen molar-refractivity contribution < 1.29 is 33.8 Å². The Hall–Kier alpha value is -2.69. The van der Waals surface area contributed by atoms with Crippen LogP contribution < -0.4 is 16.4 Å². The van der Waals surface area contributed by atoms with Crippen LogP contribution in [0.4, 0.5) is 4.79 Å². The van der Waals surface area contributed by atoms with Gasteiger partial charge in [0.05, 0.1) is 11.6 Å². The van der Waals surface area contributed by atoms with Crippen LogP contribution in [0.5, 0.6) is 0 Å². The van der Waals surface area contributed by atoms with Crippen LogP contribution in [0.25, 0.3) is 0 Å². The molecule has 11 heteroatoms. The summed E-state index contributed by atoms with van der Waals surface area (Å²) in [4.78, 5) is 65.3. The number of Topliss-reactive ketones (excluding diaryl/α,β-unsaturated/α-hetero) is 1. The Morgan fingerprint density at radius 1 is 1.08 bits per heavy atom. The van der Waals surface area contributed by atoms with E-state index in [0.717, 1.165) is 25.7 Å². The van der Waals surface area contributed by atoms with Gasteiger partial charge in [0, 0.05) is 6.54 Å². The summed E-state index contributed by atoms with van der Waals surface area (Å²) >= 11 is 0. The average Bonchev–Trinajstić information content (AvgIpc) is 3.27. The Bertz CT molecular complexity index is 934. The fourth-order valence-corrected chi connectivity index (χ4v) is 5.72. The van der Waals surface area contributed by atoms with Crippen molar-refractivity contribution >= 4 is 29.6 Å². The lowest BCUT2D eigenvalue weighted by Gasteiger charge is -2.37. The lowest BCUT2D eigenvalue weighted by Crippen LogP contribution is -2.62. The molecular weight excluding hydrogens is 480 g/mol. The van der Waals surface area contributed by atoms with Gasteiger partial charge < -0.3 is 31.1 Å². The van der Waals surface area contributed by atoms with E-state index in [4.69, 9.17) is 10.5 Å². The Kier molecular flexibility index (Phi) is 8.26. The number of rotatable bonds is 10. The van der Waals surface area contributed by atoms with Gasteiger partial charge in [0.1, 0.15) is 17.7 Å². The molecular formula is C26H42N4O7. The molecule has 0 aromatic carbocycles. The molecule has 0 aromatic heterocycles. The van der Waals surface area contributed by atoms with Crippen LogP contribution in [0.1, 0.15) is 73.6 Å². The Labute approximate surface area is 218 Å². The zero-order chi connectivity index (χ0) is 27.9. The number of carbonyl (C=O) groups excluding carboxylic acids is 5. The maximum Gasteiger partial charge on any atom is 0.408 e. The molecule has 1 aliphatic heterocycles. The molecule has 2 aliphatic carbocycles. The van der Waals surface area contributed by atoms with Crippen LogP contribution in [0, 0.1) is 23.7 Å². The van der Waals surface area contributed by atoms with E-state index in [2.05, 4.69) is 10.6 Å². The molecule has 11 nitrogen and oxygen atoms in total. The number of aliphatic hydroxyl groups is 1. The largest absolute Gasteiger partial charge is 0.444 e. The number of ketones is 1. The molecule has 0 bridgehead atoms. The third kappa shape index (κ3) is 6.61. The fourth-order valence-electron chi connectivity index (χ4n) is 5.72. The number of nitrogens with zero attached hydrogens (tertiary/aromatic N) is 1. The number of fused-ring (bicyclic) bond motifs is 1. The van der Waals surface area contributed by atoms with Crippen molar-refractivity contribution in [2.75, 3.05) is 6.54 Å². The average molecular weight is 523 g/mol. The molecule has 4 amide bonds. The van der Waals surface area contributed by atoms with E-state index in [0.29, 0.717) is 13.0 Å². The van der Waals surface area contributed by atoms with Crippen molar-refractivity contribution in [3.63, 3.8) is 0 Å². The standard InChI is InChI=1S/C26H42N4O7/c1-7-14-15-12-30(23(34)20(26(5,6)36)29-24(35)37-25(2,3)4)18(17(14)15)22(33)28-16(19(31)21(27)32)11-13-9-8-10-13/h13-18,20,36H,7-12H2,1-6H3,(H2,27,32)(H,28,33)(H,29,35)/t14?,15-,16?,17+,18+,20-/m1/s1. The minimum absolute atomic E-state index is 0.102. The van der Waals surface area contributed by atoms with Gasteiger partial charge in [-0.3, -0.25) is 19.2 Å². The fraction of sp³-hybridized carbons (Fsp3) is 0.808. The summed E-state index contributed by atoms with van der Waals surface area (Å²) < 4.78 is 5.28. The molecule has 3 aliphatic rings. The molecule has 37 heavy (non-hydrogen) atoms. The van der Waals surface area contributed by atoms with Crippen molar-refractivity contribution in [3.05, 3.63) is 0 Å². The maximum absolute atomic E-state index is 13.7. The van der Waals surface area contributed by atoms with E-state index in [1.54, 1.807) is 20.8 Å². The number of carbonyl (C=O) groups is 5. The van der Waals surface area contributed by atoms with Crippen LogP contribution in [-0.2, 0) is 23.9 Å². The molecule has 0 aromatic rings. The van der Waals surface area contributed by atoms with E-state index in [1.165, 1.54) is 18.7 Å². The van der Waals surface area contributed by atoms with Gasteiger partial charge in [0.25, 0.3) is 5.91 Å². The number of hydrogen-bond donors (Lipinski definition) is 4. The van der Waals surface area contributed by atoms with E-state index in [1.807, 2.05) is 6.92 Å². The highest BCUT2D eigenvalue weighted by Gasteiger charge is 2.64. The van der Waals surface area contributed by atoms with Crippen LogP contribution >= 0.6 is 0 Å². The number of nitrogens with one attached hydrogen (secondary N) is 2. The normalized spacial score (nSPS) is 26.8. The summed E-state index contributed by atoms with van der Waals surface area (Å²) in [6.07, 6.45) is 3.16. The minimum atomic E-state index is -1.65. The van der Waals surface area contributed by atoms with Gasteiger partial charge in [0.2, 0.25) is 17.6 Å². The van der Waals surface area contributed by atoms with Gasteiger partial charge in [-0.15, -0.1) is 0 Å². The molecule has 0 radical (unpaired) electrons. The van der Waals surface area contributed by atoms with E-state index in [9.17, 15) is 29.1 Å². The van der Waals surface area contributed by atoms with Crippen molar-refractivity contribution in [1.82, 2.24) is 15.5 Å². The van der Waals surface area contributed by atoms with Crippen molar-refractivity contribution in [2.45, 2.75) is 103 Å². The maximum atomic E-state index is 13.7. The molecule has 2 unspecified atom stereocenters.